The first-order valence-electron chi connectivity index (χ1n) is 8.35. The summed E-state index contributed by atoms with van der Waals surface area (Å²) in [7, 11) is 1.52. The van der Waals surface area contributed by atoms with Crippen LogP contribution in [0.1, 0.15) is 34.6 Å². The maximum Gasteiger partial charge on any atom is 0.343 e. The average Bonchev–Trinajstić information content (AvgIpc) is 2.63. The third kappa shape index (κ3) is 6.37. The van der Waals surface area contributed by atoms with Gasteiger partial charge in [-0.3, -0.25) is 0 Å². The van der Waals surface area contributed by atoms with E-state index in [1.165, 1.54) is 13.2 Å². The van der Waals surface area contributed by atoms with Crippen molar-refractivity contribution < 1.29 is 28.5 Å². The minimum Gasteiger partial charge on any atom is -0.490 e. The Morgan fingerprint density at radius 3 is 2.41 bits per heavy atom. The molecule has 0 amide bonds. The van der Waals surface area contributed by atoms with Gasteiger partial charge < -0.3 is 18.9 Å². The zero-order valence-electron chi connectivity index (χ0n) is 15.4. The van der Waals surface area contributed by atoms with Crippen molar-refractivity contribution in [2.24, 2.45) is 0 Å². The molecule has 0 unspecified atom stereocenters. The Kier molecular flexibility index (Phi) is 7.82. The van der Waals surface area contributed by atoms with Crippen molar-refractivity contribution in [2.75, 3.05) is 20.3 Å². The summed E-state index contributed by atoms with van der Waals surface area (Å²) in [6, 6.07) is 11.2. The fraction of sp³-hybridized carbons (Fsp3) is 0.300. The molecule has 0 aliphatic heterocycles. The Morgan fingerprint density at radius 2 is 1.74 bits per heavy atom. The van der Waals surface area contributed by atoms with E-state index in [1.807, 2.05) is 13.8 Å². The number of methoxy groups -OCH3 is 1. The molecule has 0 saturated heterocycles. The second kappa shape index (κ2) is 10.1. The van der Waals surface area contributed by atoms with E-state index in [0.29, 0.717) is 28.0 Å². The molecular formula is C20H21BrO6. The predicted molar refractivity (Wildman–Crippen MR) is 103 cm³/mol. The molecule has 144 valence electrons. The Hall–Kier alpha value is -2.38. The molecule has 0 atom stereocenters. The van der Waals surface area contributed by atoms with Crippen molar-refractivity contribution in [3.05, 3.63) is 58.1 Å². The average molecular weight is 437 g/mol. The smallest absolute Gasteiger partial charge is 0.343 e. The third-order valence-electron chi connectivity index (χ3n) is 3.33. The second-order valence-electron chi connectivity index (χ2n) is 5.86. The summed E-state index contributed by atoms with van der Waals surface area (Å²) in [5.41, 5.74) is 0.643. The fourth-order valence-electron chi connectivity index (χ4n) is 2.13. The highest BCUT2D eigenvalue weighted by Crippen LogP contribution is 2.27. The first kappa shape index (κ1) is 20.9. The molecule has 2 aromatic carbocycles. The molecule has 0 N–H and O–H groups in total. The lowest BCUT2D eigenvalue weighted by Gasteiger charge is -2.12. The Morgan fingerprint density at radius 1 is 1.00 bits per heavy atom. The summed E-state index contributed by atoms with van der Waals surface area (Å²) in [6.07, 6.45) is 0.0190. The fourth-order valence-corrected chi connectivity index (χ4v) is 2.60. The van der Waals surface area contributed by atoms with Gasteiger partial charge in [0.2, 0.25) is 0 Å². The number of carbonyl (C=O) groups excluding carboxylic acids is 2. The Bertz CT molecular complexity index is 803. The highest BCUT2D eigenvalue weighted by atomic mass is 79.9. The molecule has 0 saturated carbocycles. The number of rotatable bonds is 8. The summed E-state index contributed by atoms with van der Waals surface area (Å²) < 4.78 is 21.5. The molecule has 0 radical (unpaired) electrons. The maximum absolute atomic E-state index is 12.4. The molecule has 0 spiro atoms. The van der Waals surface area contributed by atoms with Crippen LogP contribution in [0.5, 0.6) is 11.5 Å². The van der Waals surface area contributed by atoms with E-state index in [4.69, 9.17) is 18.9 Å². The van der Waals surface area contributed by atoms with E-state index in [-0.39, 0.29) is 18.5 Å². The van der Waals surface area contributed by atoms with Crippen molar-refractivity contribution >= 4 is 27.9 Å². The van der Waals surface area contributed by atoms with Gasteiger partial charge in [0, 0.05) is 7.11 Å². The van der Waals surface area contributed by atoms with Gasteiger partial charge in [0.15, 0.2) is 0 Å². The standard InChI is InChI=1S/C20H21BrO6/c1-13(2)26-18-8-7-15(12-17(18)21)20(23)27-16-6-4-5-14(11-16)19(22)25-10-9-24-3/h4-8,11-13H,9-10H2,1-3H3. The Balaban J connectivity index is 2.06. The highest BCUT2D eigenvalue weighted by molar-refractivity contribution is 9.10. The van der Waals surface area contributed by atoms with Crippen LogP contribution in [0.4, 0.5) is 0 Å². The van der Waals surface area contributed by atoms with Crippen LogP contribution in [0, 0.1) is 0 Å². The molecule has 2 rings (SSSR count). The van der Waals surface area contributed by atoms with Gasteiger partial charge in [-0.2, -0.15) is 0 Å². The van der Waals surface area contributed by atoms with E-state index in [1.54, 1.807) is 36.4 Å². The van der Waals surface area contributed by atoms with Crippen LogP contribution in [0.2, 0.25) is 0 Å². The largest absolute Gasteiger partial charge is 0.490 e. The van der Waals surface area contributed by atoms with E-state index >= 15 is 0 Å². The van der Waals surface area contributed by atoms with E-state index in [9.17, 15) is 9.59 Å². The number of esters is 2. The minimum absolute atomic E-state index is 0.0190. The van der Waals surface area contributed by atoms with Crippen LogP contribution in [-0.4, -0.2) is 38.4 Å². The third-order valence-corrected chi connectivity index (χ3v) is 3.95. The maximum atomic E-state index is 12.4. The summed E-state index contributed by atoms with van der Waals surface area (Å²) >= 11 is 3.39. The summed E-state index contributed by atoms with van der Waals surface area (Å²) in [6.45, 7) is 4.30. The number of carbonyl (C=O) groups is 2. The summed E-state index contributed by atoms with van der Waals surface area (Å²) in [4.78, 5) is 24.3. The van der Waals surface area contributed by atoms with Gasteiger partial charge in [0.05, 0.1) is 28.3 Å². The molecule has 27 heavy (non-hydrogen) atoms. The molecule has 0 bridgehead atoms. The van der Waals surface area contributed by atoms with Gasteiger partial charge in [-0.15, -0.1) is 0 Å². The van der Waals surface area contributed by atoms with Crippen LogP contribution in [0.3, 0.4) is 0 Å². The van der Waals surface area contributed by atoms with Crippen molar-refractivity contribution in [2.45, 2.75) is 20.0 Å². The van der Waals surface area contributed by atoms with Gasteiger partial charge in [-0.1, -0.05) is 6.07 Å². The van der Waals surface area contributed by atoms with Crippen molar-refractivity contribution in [1.82, 2.24) is 0 Å². The molecule has 2 aromatic rings. The van der Waals surface area contributed by atoms with Crippen molar-refractivity contribution in [3.63, 3.8) is 0 Å². The first-order chi connectivity index (χ1) is 12.9. The van der Waals surface area contributed by atoms with Gasteiger partial charge in [-0.25, -0.2) is 9.59 Å². The van der Waals surface area contributed by atoms with E-state index < -0.39 is 11.9 Å². The molecule has 7 heteroatoms. The molecular weight excluding hydrogens is 416 g/mol. The van der Waals surface area contributed by atoms with Crippen molar-refractivity contribution in [3.8, 4) is 11.5 Å². The van der Waals surface area contributed by atoms with Gasteiger partial charge in [0.25, 0.3) is 0 Å². The topological polar surface area (TPSA) is 71.1 Å². The zero-order chi connectivity index (χ0) is 19.8. The SMILES string of the molecule is COCCOC(=O)c1cccc(OC(=O)c2ccc(OC(C)C)c(Br)c2)c1. The quantitative estimate of drug-likeness (QED) is 0.349. The lowest BCUT2D eigenvalue weighted by Crippen LogP contribution is -2.12. The van der Waals surface area contributed by atoms with E-state index in [0.717, 1.165) is 0 Å². The number of benzene rings is 2. The molecule has 0 fully saturated rings. The number of halogens is 1. The van der Waals surface area contributed by atoms with Gasteiger partial charge in [-0.05, 0) is 66.2 Å². The Labute approximate surface area is 166 Å². The van der Waals surface area contributed by atoms with Crippen molar-refractivity contribution in [1.29, 1.82) is 0 Å². The van der Waals surface area contributed by atoms with Gasteiger partial charge >= 0.3 is 11.9 Å². The first-order valence-corrected chi connectivity index (χ1v) is 9.14. The summed E-state index contributed by atoms with van der Waals surface area (Å²) in [5, 5.41) is 0. The highest BCUT2D eigenvalue weighted by Gasteiger charge is 2.14. The van der Waals surface area contributed by atoms with Crippen LogP contribution in [0.25, 0.3) is 0 Å². The molecule has 0 heterocycles. The predicted octanol–water partition coefficient (Wildman–Crippen LogP) is 4.26. The van der Waals surface area contributed by atoms with Crippen LogP contribution in [-0.2, 0) is 9.47 Å². The van der Waals surface area contributed by atoms with Crippen LogP contribution >= 0.6 is 15.9 Å². The lowest BCUT2D eigenvalue weighted by atomic mass is 10.2. The van der Waals surface area contributed by atoms with Gasteiger partial charge in [0.1, 0.15) is 18.1 Å². The number of hydrogen-bond donors (Lipinski definition) is 0. The molecule has 6 nitrogen and oxygen atoms in total. The van der Waals surface area contributed by atoms with E-state index in [2.05, 4.69) is 15.9 Å². The summed E-state index contributed by atoms with van der Waals surface area (Å²) in [5.74, 6) is -0.165. The monoisotopic (exact) mass is 436 g/mol. The zero-order valence-corrected chi connectivity index (χ0v) is 16.9. The van der Waals surface area contributed by atoms with Crippen LogP contribution < -0.4 is 9.47 Å². The lowest BCUT2D eigenvalue weighted by molar-refractivity contribution is 0.0387. The molecule has 0 aliphatic carbocycles. The normalized spacial score (nSPS) is 10.6. The number of ether oxygens (including phenoxy) is 4. The van der Waals surface area contributed by atoms with Crippen LogP contribution in [0.15, 0.2) is 46.9 Å². The minimum atomic E-state index is -0.545. The molecule has 0 aliphatic rings. The molecule has 0 aromatic heterocycles. The second-order valence-corrected chi connectivity index (χ2v) is 6.71. The number of hydrogen-bond acceptors (Lipinski definition) is 6.